The fourth-order valence-electron chi connectivity index (χ4n) is 3.71. The number of rotatable bonds is 9. The maximum absolute atomic E-state index is 12.9. The van der Waals surface area contributed by atoms with E-state index in [9.17, 15) is 13.2 Å². The van der Waals surface area contributed by atoms with Gasteiger partial charge in [0.2, 0.25) is 5.88 Å². The van der Waals surface area contributed by atoms with Gasteiger partial charge in [0.05, 0.1) is 26.2 Å². The summed E-state index contributed by atoms with van der Waals surface area (Å²) >= 11 is 6.85. The molecule has 0 saturated carbocycles. The van der Waals surface area contributed by atoms with Gasteiger partial charge in [-0.05, 0) is 49.0 Å². The average molecular weight is 600 g/mol. The lowest BCUT2D eigenvalue weighted by atomic mass is 10.0. The number of anilines is 3. The van der Waals surface area contributed by atoms with Gasteiger partial charge in [-0.2, -0.15) is 9.97 Å². The number of benzene rings is 2. The third kappa shape index (κ3) is 6.47. The number of nitrogens with one attached hydrogen (secondary N) is 3. The first-order chi connectivity index (χ1) is 19.1. The zero-order chi connectivity index (χ0) is 28.9. The number of esters is 1. The van der Waals surface area contributed by atoms with Crippen molar-refractivity contribution in [3.8, 4) is 23.0 Å². The summed E-state index contributed by atoms with van der Waals surface area (Å²) in [6.07, 6.45) is 0. The SMILES string of the molecule is COC(=O)c1c(NC(=S)Nc2ccc(S(=O)(=O)Nc3cc(OC)nc(OC)n3)cc2)sc(C)c1-c1ccccc1. The third-order valence-corrected chi connectivity index (χ3v) is 8.09. The molecule has 14 heteroatoms. The van der Waals surface area contributed by atoms with Crippen LogP contribution in [0, 0.1) is 6.92 Å². The summed E-state index contributed by atoms with van der Waals surface area (Å²) in [6.45, 7) is 1.92. The van der Waals surface area contributed by atoms with Gasteiger partial charge < -0.3 is 24.8 Å². The van der Waals surface area contributed by atoms with Crippen LogP contribution in [-0.2, 0) is 14.8 Å². The van der Waals surface area contributed by atoms with Gasteiger partial charge in [-0.25, -0.2) is 13.2 Å². The van der Waals surface area contributed by atoms with Crippen LogP contribution in [0.25, 0.3) is 11.1 Å². The Bertz CT molecular complexity index is 1620. The van der Waals surface area contributed by atoms with Crippen molar-refractivity contribution in [2.24, 2.45) is 0 Å². The summed E-state index contributed by atoms with van der Waals surface area (Å²) in [5, 5.41) is 6.82. The molecule has 0 aliphatic heterocycles. The Morgan fingerprint density at radius 1 is 0.950 bits per heavy atom. The first-order valence-corrected chi connectivity index (χ1v) is 14.3. The van der Waals surface area contributed by atoms with Gasteiger partial charge in [-0.1, -0.05) is 30.3 Å². The number of methoxy groups -OCH3 is 3. The molecule has 0 unspecified atom stereocenters. The van der Waals surface area contributed by atoms with E-state index < -0.39 is 16.0 Å². The Labute approximate surface area is 240 Å². The number of carbonyl (C=O) groups is 1. The standard InChI is InChI=1S/C26H25N5O6S3/c1-15-21(16-8-6-5-7-9-16)22(24(32)36-3)23(39-15)30-26(38)27-17-10-12-18(13-11-17)40(33,34)31-19-14-20(35-2)29-25(28-19)37-4/h5-14H,1-4H3,(H2,27,30,38)(H,28,29,31). The number of nitrogens with zero attached hydrogens (tertiary/aromatic N) is 2. The number of thiophene rings is 1. The number of ether oxygens (including phenoxy) is 3. The topological polar surface area (TPSA) is 141 Å². The van der Waals surface area contributed by atoms with Gasteiger partial charge in [0, 0.05) is 22.2 Å². The summed E-state index contributed by atoms with van der Waals surface area (Å²) in [5.41, 5.74) is 2.56. The van der Waals surface area contributed by atoms with Crippen molar-refractivity contribution in [2.45, 2.75) is 11.8 Å². The maximum Gasteiger partial charge on any atom is 0.341 e. The molecule has 3 N–H and O–H groups in total. The molecule has 4 rings (SSSR count). The van der Waals surface area contributed by atoms with E-state index in [4.69, 9.17) is 26.4 Å². The molecule has 0 spiro atoms. The van der Waals surface area contributed by atoms with Crippen molar-refractivity contribution in [2.75, 3.05) is 36.7 Å². The molecule has 0 aliphatic rings. The van der Waals surface area contributed by atoms with Crippen LogP contribution < -0.4 is 24.8 Å². The van der Waals surface area contributed by atoms with Crippen molar-refractivity contribution in [3.05, 3.63) is 71.1 Å². The summed E-state index contributed by atoms with van der Waals surface area (Å²) in [7, 11) is 0.0944. The maximum atomic E-state index is 12.9. The van der Waals surface area contributed by atoms with E-state index in [1.807, 2.05) is 37.3 Å². The molecule has 2 heterocycles. The van der Waals surface area contributed by atoms with E-state index >= 15 is 0 Å². The highest BCUT2D eigenvalue weighted by molar-refractivity contribution is 7.92. The highest BCUT2D eigenvalue weighted by Gasteiger charge is 2.24. The van der Waals surface area contributed by atoms with E-state index in [0.29, 0.717) is 16.3 Å². The minimum atomic E-state index is -3.98. The molecule has 40 heavy (non-hydrogen) atoms. The normalized spacial score (nSPS) is 10.9. The Morgan fingerprint density at radius 2 is 1.65 bits per heavy atom. The summed E-state index contributed by atoms with van der Waals surface area (Å²) in [6, 6.07) is 16.7. The van der Waals surface area contributed by atoms with Crippen LogP contribution in [0.15, 0.2) is 65.6 Å². The number of hydrogen-bond acceptors (Lipinski definition) is 10. The molecule has 0 atom stereocenters. The number of aryl methyl sites for hydroxylation is 1. The second kappa shape index (κ2) is 12.3. The molecule has 208 valence electrons. The quantitative estimate of drug-likeness (QED) is 0.178. The number of thiocarbonyl (C=S) groups is 1. The molecule has 0 fully saturated rings. The minimum absolute atomic E-state index is 0.0113. The third-order valence-electron chi connectivity index (χ3n) is 5.50. The molecule has 0 saturated heterocycles. The van der Waals surface area contributed by atoms with Crippen LogP contribution in [0.4, 0.5) is 16.5 Å². The van der Waals surface area contributed by atoms with Gasteiger partial charge in [0.25, 0.3) is 10.0 Å². The fraction of sp³-hybridized carbons (Fsp3) is 0.154. The van der Waals surface area contributed by atoms with Crippen LogP contribution in [-0.4, -0.2) is 50.8 Å². The number of aromatic nitrogens is 2. The molecular formula is C26H25N5O6S3. The second-order valence-corrected chi connectivity index (χ2v) is 11.4. The predicted octanol–water partition coefficient (Wildman–Crippen LogP) is 4.93. The number of carbonyl (C=O) groups excluding carboxylic acids is 1. The van der Waals surface area contributed by atoms with Crippen LogP contribution in [0.1, 0.15) is 15.2 Å². The summed E-state index contributed by atoms with van der Waals surface area (Å²) in [5.74, 6) is -0.370. The second-order valence-electron chi connectivity index (χ2n) is 8.09. The molecule has 0 radical (unpaired) electrons. The van der Waals surface area contributed by atoms with Crippen molar-refractivity contribution in [1.29, 1.82) is 0 Å². The number of hydrogen-bond donors (Lipinski definition) is 3. The highest BCUT2D eigenvalue weighted by Crippen LogP contribution is 2.40. The Hall–Kier alpha value is -4.27. The average Bonchev–Trinajstić information content (AvgIpc) is 3.27. The van der Waals surface area contributed by atoms with E-state index in [0.717, 1.165) is 16.0 Å². The van der Waals surface area contributed by atoms with Gasteiger partial charge in [-0.15, -0.1) is 11.3 Å². The summed E-state index contributed by atoms with van der Waals surface area (Å²) in [4.78, 5) is 21.5. The largest absolute Gasteiger partial charge is 0.481 e. The smallest absolute Gasteiger partial charge is 0.341 e. The molecule has 0 bridgehead atoms. The number of sulfonamides is 1. The Kier molecular flexibility index (Phi) is 8.82. The highest BCUT2D eigenvalue weighted by atomic mass is 32.2. The first kappa shape index (κ1) is 28.7. The summed E-state index contributed by atoms with van der Waals surface area (Å²) < 4.78 is 43.3. The molecule has 0 aliphatic carbocycles. The van der Waals surface area contributed by atoms with Gasteiger partial charge in [0.1, 0.15) is 10.6 Å². The van der Waals surface area contributed by atoms with Crippen molar-refractivity contribution in [3.63, 3.8) is 0 Å². The zero-order valence-electron chi connectivity index (χ0n) is 21.8. The minimum Gasteiger partial charge on any atom is -0.481 e. The van der Waals surface area contributed by atoms with E-state index in [1.54, 1.807) is 12.1 Å². The van der Waals surface area contributed by atoms with Crippen molar-refractivity contribution in [1.82, 2.24) is 9.97 Å². The van der Waals surface area contributed by atoms with Gasteiger partial charge in [-0.3, -0.25) is 4.72 Å². The van der Waals surface area contributed by atoms with Crippen LogP contribution in [0.5, 0.6) is 11.9 Å². The van der Waals surface area contributed by atoms with Crippen LogP contribution in [0.2, 0.25) is 0 Å². The van der Waals surface area contributed by atoms with E-state index in [1.165, 1.54) is 50.9 Å². The molecular weight excluding hydrogens is 575 g/mol. The monoisotopic (exact) mass is 599 g/mol. The molecule has 11 nitrogen and oxygen atoms in total. The Morgan fingerprint density at radius 3 is 2.27 bits per heavy atom. The Balaban J connectivity index is 1.50. The van der Waals surface area contributed by atoms with Gasteiger partial charge in [0.15, 0.2) is 10.9 Å². The molecule has 0 amide bonds. The van der Waals surface area contributed by atoms with Crippen molar-refractivity contribution >= 4 is 61.2 Å². The van der Waals surface area contributed by atoms with Gasteiger partial charge >= 0.3 is 12.0 Å². The lowest BCUT2D eigenvalue weighted by Crippen LogP contribution is -2.20. The molecule has 2 aromatic heterocycles. The molecule has 4 aromatic rings. The lowest BCUT2D eigenvalue weighted by molar-refractivity contribution is 0.0603. The van der Waals surface area contributed by atoms with Crippen LogP contribution >= 0.6 is 23.6 Å². The zero-order valence-corrected chi connectivity index (χ0v) is 24.3. The molecule has 2 aromatic carbocycles. The fourth-order valence-corrected chi connectivity index (χ4v) is 6.06. The predicted molar refractivity (Wildman–Crippen MR) is 158 cm³/mol. The van der Waals surface area contributed by atoms with E-state index in [-0.39, 0.29) is 27.7 Å². The lowest BCUT2D eigenvalue weighted by Gasteiger charge is -2.12. The first-order valence-electron chi connectivity index (χ1n) is 11.6. The van der Waals surface area contributed by atoms with Crippen LogP contribution in [0.3, 0.4) is 0 Å². The van der Waals surface area contributed by atoms with E-state index in [2.05, 4.69) is 25.3 Å². The van der Waals surface area contributed by atoms with Crippen molar-refractivity contribution < 1.29 is 27.4 Å².